The zero-order chi connectivity index (χ0) is 22.4. The van der Waals surface area contributed by atoms with Crippen LogP contribution in [-0.4, -0.2) is 22.0 Å². The molecule has 0 saturated carbocycles. The van der Waals surface area contributed by atoms with Gasteiger partial charge in [-0.15, -0.1) is 5.11 Å². The Kier molecular flexibility index (Phi) is 6.57. The van der Waals surface area contributed by atoms with E-state index in [-0.39, 0.29) is 23.6 Å². The number of ether oxygens (including phenoxy) is 1. The lowest BCUT2D eigenvalue weighted by atomic mass is 10.0. The van der Waals surface area contributed by atoms with E-state index in [9.17, 15) is 19.8 Å². The smallest absolute Gasteiger partial charge is 0.333 e. The molecule has 0 bridgehead atoms. The number of carbonyl (C=O) groups excluding carboxylic acids is 2. The highest BCUT2D eigenvalue weighted by atomic mass is 16.5. The lowest BCUT2D eigenvalue weighted by Gasteiger charge is -2.07. The first kappa shape index (κ1) is 21.4. The van der Waals surface area contributed by atoms with Crippen LogP contribution in [0.15, 0.2) is 89.1 Å². The number of azo groups is 1. The molecule has 0 heterocycles. The number of carbonyl (C=O) groups is 2. The van der Waals surface area contributed by atoms with Crippen LogP contribution in [0, 0.1) is 0 Å². The van der Waals surface area contributed by atoms with Crippen LogP contribution in [0.4, 0.5) is 11.4 Å². The van der Waals surface area contributed by atoms with Gasteiger partial charge in [-0.1, -0.05) is 49.0 Å². The topological polar surface area (TPSA) is 109 Å². The van der Waals surface area contributed by atoms with Gasteiger partial charge in [-0.3, -0.25) is 4.79 Å². The van der Waals surface area contributed by atoms with Gasteiger partial charge in [0.15, 0.2) is 17.2 Å². The highest BCUT2D eigenvalue weighted by molar-refractivity contribution is 6.11. The molecule has 0 amide bonds. The first-order valence-corrected chi connectivity index (χ1v) is 9.35. The van der Waals surface area contributed by atoms with E-state index in [1.165, 1.54) is 12.1 Å². The van der Waals surface area contributed by atoms with Crippen molar-refractivity contribution < 1.29 is 24.5 Å². The lowest BCUT2D eigenvalue weighted by molar-refractivity contribution is -0.140. The van der Waals surface area contributed by atoms with E-state index >= 15 is 0 Å². The van der Waals surface area contributed by atoms with Crippen molar-refractivity contribution in [1.82, 2.24) is 0 Å². The summed E-state index contributed by atoms with van der Waals surface area (Å²) in [7, 11) is 0. The summed E-state index contributed by atoms with van der Waals surface area (Å²) in [6.45, 7) is 5.18. The van der Waals surface area contributed by atoms with Gasteiger partial charge < -0.3 is 14.9 Å². The summed E-state index contributed by atoms with van der Waals surface area (Å²) >= 11 is 0. The normalized spacial score (nSPS) is 10.7. The quantitative estimate of drug-likeness (QED) is 0.233. The number of esters is 1. The predicted molar refractivity (Wildman–Crippen MR) is 115 cm³/mol. The molecule has 0 aliphatic heterocycles. The Morgan fingerprint density at radius 3 is 2.26 bits per heavy atom. The number of hydrogen-bond donors (Lipinski definition) is 2. The third-order valence-corrected chi connectivity index (χ3v) is 4.33. The lowest BCUT2D eigenvalue weighted by Crippen LogP contribution is -2.04. The molecular formula is C24H20N2O5. The van der Waals surface area contributed by atoms with E-state index in [1.54, 1.807) is 61.5 Å². The van der Waals surface area contributed by atoms with Gasteiger partial charge in [0.1, 0.15) is 12.4 Å². The largest absolute Gasteiger partial charge is 0.505 e. The maximum Gasteiger partial charge on any atom is 0.333 e. The summed E-state index contributed by atoms with van der Waals surface area (Å²) in [4.78, 5) is 24.1. The molecule has 0 saturated heterocycles. The summed E-state index contributed by atoms with van der Waals surface area (Å²) < 4.78 is 5.07. The van der Waals surface area contributed by atoms with Gasteiger partial charge in [0.25, 0.3) is 0 Å². The molecule has 0 unspecified atom stereocenters. The zero-order valence-electron chi connectivity index (χ0n) is 16.8. The predicted octanol–water partition coefficient (Wildman–Crippen LogP) is 5.36. The Hall–Kier alpha value is -4.26. The molecule has 0 aromatic heterocycles. The maximum absolute atomic E-state index is 12.6. The molecule has 3 aromatic rings. The molecule has 3 rings (SSSR count). The van der Waals surface area contributed by atoms with Crippen molar-refractivity contribution in [2.24, 2.45) is 10.2 Å². The van der Waals surface area contributed by atoms with Gasteiger partial charge in [0.05, 0.1) is 11.3 Å². The number of phenolic OH excluding ortho intramolecular Hbond substituents is 2. The molecule has 0 spiro atoms. The number of hydrogen-bond acceptors (Lipinski definition) is 7. The van der Waals surface area contributed by atoms with Gasteiger partial charge in [0.2, 0.25) is 0 Å². The Labute approximate surface area is 179 Å². The Bertz CT molecular complexity index is 1150. The third kappa shape index (κ3) is 5.22. The summed E-state index contributed by atoms with van der Waals surface area (Å²) in [6.07, 6.45) is 0. The molecule has 7 nitrogen and oxygen atoms in total. The monoisotopic (exact) mass is 416 g/mol. The minimum atomic E-state index is -0.473. The van der Waals surface area contributed by atoms with Gasteiger partial charge in [-0.25, -0.2) is 4.79 Å². The standard InChI is InChI=1S/C24H20N2O5/c1-15(2)24(30)31-14-16-8-10-18(11-9-16)25-26-21-20(27)13-12-19(23(21)29)22(28)17-6-4-3-5-7-17/h3-13,27,29H,1,14H2,2H3. The first-order chi connectivity index (χ1) is 14.9. The molecule has 7 heteroatoms. The highest BCUT2D eigenvalue weighted by Gasteiger charge is 2.19. The third-order valence-electron chi connectivity index (χ3n) is 4.33. The van der Waals surface area contributed by atoms with Crippen LogP contribution in [0.25, 0.3) is 0 Å². The van der Waals surface area contributed by atoms with E-state index in [1.807, 2.05) is 0 Å². The van der Waals surface area contributed by atoms with Gasteiger partial charge in [0, 0.05) is 11.1 Å². The fourth-order valence-corrected chi connectivity index (χ4v) is 2.63. The number of phenols is 2. The zero-order valence-corrected chi connectivity index (χ0v) is 16.8. The van der Waals surface area contributed by atoms with Crippen LogP contribution in [0.3, 0.4) is 0 Å². The van der Waals surface area contributed by atoms with Crippen LogP contribution < -0.4 is 0 Å². The van der Waals surface area contributed by atoms with Gasteiger partial charge in [-0.05, 0) is 36.8 Å². The van der Waals surface area contributed by atoms with Crippen molar-refractivity contribution in [3.05, 3.63) is 95.6 Å². The van der Waals surface area contributed by atoms with E-state index in [0.29, 0.717) is 16.8 Å². The van der Waals surface area contributed by atoms with Crippen LogP contribution in [0.5, 0.6) is 11.5 Å². The van der Waals surface area contributed by atoms with Crippen LogP contribution in [0.1, 0.15) is 28.4 Å². The maximum atomic E-state index is 12.6. The van der Waals surface area contributed by atoms with E-state index < -0.39 is 17.5 Å². The average molecular weight is 416 g/mol. The van der Waals surface area contributed by atoms with E-state index in [0.717, 1.165) is 5.56 Å². The van der Waals surface area contributed by atoms with Crippen molar-refractivity contribution in [3.8, 4) is 11.5 Å². The average Bonchev–Trinajstić information content (AvgIpc) is 2.78. The SMILES string of the molecule is C=C(C)C(=O)OCc1ccc(N=Nc2c(O)ccc(C(=O)c3ccccc3)c2O)cc1. The van der Waals surface area contributed by atoms with Gasteiger partial charge >= 0.3 is 5.97 Å². The van der Waals surface area contributed by atoms with Crippen LogP contribution in [0.2, 0.25) is 0 Å². The van der Waals surface area contributed by atoms with Crippen LogP contribution in [-0.2, 0) is 16.1 Å². The summed E-state index contributed by atoms with van der Waals surface area (Å²) in [5.41, 5.74) is 1.70. The Balaban J connectivity index is 1.78. The number of aromatic hydroxyl groups is 2. The molecule has 0 atom stereocenters. The molecule has 3 aromatic carbocycles. The molecule has 0 fully saturated rings. The van der Waals surface area contributed by atoms with Crippen molar-refractivity contribution in [2.45, 2.75) is 13.5 Å². The van der Waals surface area contributed by atoms with Gasteiger partial charge in [-0.2, -0.15) is 5.11 Å². The molecule has 31 heavy (non-hydrogen) atoms. The molecular weight excluding hydrogens is 396 g/mol. The van der Waals surface area contributed by atoms with E-state index in [4.69, 9.17) is 4.74 Å². The highest BCUT2D eigenvalue weighted by Crippen LogP contribution is 2.40. The summed E-state index contributed by atoms with van der Waals surface area (Å²) in [5, 5.41) is 28.5. The Morgan fingerprint density at radius 2 is 1.61 bits per heavy atom. The molecule has 2 N–H and O–H groups in total. The second-order valence-corrected chi connectivity index (χ2v) is 6.75. The van der Waals surface area contributed by atoms with Crippen molar-refractivity contribution >= 4 is 23.1 Å². The minimum absolute atomic E-state index is 0.00706. The molecule has 156 valence electrons. The molecule has 0 aliphatic carbocycles. The first-order valence-electron chi connectivity index (χ1n) is 9.35. The van der Waals surface area contributed by atoms with Crippen molar-refractivity contribution in [2.75, 3.05) is 0 Å². The number of benzene rings is 3. The molecule has 0 aliphatic rings. The Morgan fingerprint density at radius 1 is 0.935 bits per heavy atom. The molecule has 0 radical (unpaired) electrons. The van der Waals surface area contributed by atoms with Crippen molar-refractivity contribution in [1.29, 1.82) is 0 Å². The van der Waals surface area contributed by atoms with Crippen LogP contribution >= 0.6 is 0 Å². The fraction of sp³-hybridized carbons (Fsp3) is 0.0833. The fourth-order valence-electron chi connectivity index (χ4n) is 2.63. The second kappa shape index (κ2) is 9.49. The minimum Gasteiger partial charge on any atom is -0.505 e. The number of ketones is 1. The summed E-state index contributed by atoms with van der Waals surface area (Å²) in [5.74, 6) is -1.64. The second-order valence-electron chi connectivity index (χ2n) is 6.75. The number of rotatable bonds is 7. The number of nitrogens with zero attached hydrogens (tertiary/aromatic N) is 2. The van der Waals surface area contributed by atoms with E-state index in [2.05, 4.69) is 16.8 Å². The van der Waals surface area contributed by atoms with Crippen molar-refractivity contribution in [3.63, 3.8) is 0 Å². The summed E-state index contributed by atoms with van der Waals surface area (Å²) in [6, 6.07) is 17.8.